The molecule has 0 aliphatic carbocycles. The van der Waals surface area contributed by atoms with Gasteiger partial charge in [-0.3, -0.25) is 4.79 Å². The molecule has 1 N–H and O–H groups in total. The number of amides is 1. The second kappa shape index (κ2) is 9.09. The van der Waals surface area contributed by atoms with Crippen molar-refractivity contribution in [2.75, 3.05) is 20.1 Å². The molecule has 140 valence electrons. The summed E-state index contributed by atoms with van der Waals surface area (Å²) in [5.41, 5.74) is 2.89. The molecule has 0 aromatic heterocycles. The van der Waals surface area contributed by atoms with Crippen LogP contribution < -0.4 is 5.32 Å². The van der Waals surface area contributed by atoms with Crippen LogP contribution in [0.15, 0.2) is 42.5 Å². The van der Waals surface area contributed by atoms with Gasteiger partial charge in [-0.1, -0.05) is 35.3 Å². The predicted octanol–water partition coefficient (Wildman–Crippen LogP) is 4.94. The zero-order valence-corrected chi connectivity index (χ0v) is 17.2. The minimum absolute atomic E-state index is 0. The van der Waals surface area contributed by atoms with Crippen molar-refractivity contribution in [3.8, 4) is 0 Å². The second-order valence-electron chi connectivity index (χ2n) is 6.60. The molecule has 2 aromatic carbocycles. The Morgan fingerprint density at radius 3 is 2.50 bits per heavy atom. The number of halogens is 3. The molecule has 1 aliphatic rings. The van der Waals surface area contributed by atoms with E-state index in [4.69, 9.17) is 23.2 Å². The van der Waals surface area contributed by atoms with Crippen molar-refractivity contribution in [1.29, 1.82) is 0 Å². The molecular formula is C20H23Cl3N2O. The van der Waals surface area contributed by atoms with E-state index >= 15 is 0 Å². The normalized spacial score (nSPS) is 19.5. The number of hydrogen-bond donors (Lipinski definition) is 1. The fourth-order valence-electron chi connectivity index (χ4n) is 3.43. The van der Waals surface area contributed by atoms with Gasteiger partial charge in [0.15, 0.2) is 0 Å². The average molecular weight is 414 g/mol. The van der Waals surface area contributed by atoms with Crippen LogP contribution in [0.1, 0.15) is 33.8 Å². The average Bonchev–Trinajstić information content (AvgIpc) is 2.63. The smallest absolute Gasteiger partial charge is 0.253 e. The first kappa shape index (κ1) is 21.0. The molecule has 0 saturated carbocycles. The van der Waals surface area contributed by atoms with Crippen molar-refractivity contribution >= 4 is 41.5 Å². The van der Waals surface area contributed by atoms with Gasteiger partial charge in [0.05, 0.1) is 0 Å². The number of benzene rings is 2. The van der Waals surface area contributed by atoms with E-state index < -0.39 is 0 Å². The summed E-state index contributed by atoms with van der Waals surface area (Å²) in [7, 11) is 1.88. The van der Waals surface area contributed by atoms with Crippen molar-refractivity contribution < 1.29 is 4.79 Å². The summed E-state index contributed by atoms with van der Waals surface area (Å²) in [6.45, 7) is 3.74. The van der Waals surface area contributed by atoms with Crippen LogP contribution in [0.25, 0.3) is 0 Å². The number of likely N-dealkylation sites (N-methyl/N-ethyl adjacent to an activating group) is 1. The van der Waals surface area contributed by atoms with Crippen LogP contribution in [0.5, 0.6) is 0 Å². The van der Waals surface area contributed by atoms with E-state index in [0.717, 1.165) is 30.1 Å². The predicted molar refractivity (Wildman–Crippen MR) is 111 cm³/mol. The molecule has 1 heterocycles. The highest BCUT2D eigenvalue weighted by atomic mass is 35.5. The molecule has 2 atom stereocenters. The van der Waals surface area contributed by atoms with Gasteiger partial charge in [0.2, 0.25) is 0 Å². The molecule has 1 aliphatic heterocycles. The van der Waals surface area contributed by atoms with Crippen LogP contribution in [-0.2, 0) is 0 Å². The molecular weight excluding hydrogens is 391 g/mol. The summed E-state index contributed by atoms with van der Waals surface area (Å²) in [5.74, 6) is 0.236. The van der Waals surface area contributed by atoms with Crippen molar-refractivity contribution in [3.63, 3.8) is 0 Å². The molecule has 1 saturated heterocycles. The van der Waals surface area contributed by atoms with Crippen LogP contribution in [0, 0.1) is 6.92 Å². The Morgan fingerprint density at radius 2 is 1.85 bits per heavy atom. The molecule has 0 radical (unpaired) electrons. The summed E-state index contributed by atoms with van der Waals surface area (Å²) in [4.78, 5) is 14.8. The molecule has 0 unspecified atom stereocenters. The topological polar surface area (TPSA) is 32.3 Å². The number of aryl methyl sites for hydroxylation is 1. The first-order valence-corrected chi connectivity index (χ1v) is 9.22. The van der Waals surface area contributed by atoms with Crippen LogP contribution in [-0.4, -0.2) is 37.0 Å². The summed E-state index contributed by atoms with van der Waals surface area (Å²) >= 11 is 12.2. The number of rotatable bonds is 3. The number of piperidine rings is 1. The van der Waals surface area contributed by atoms with Crippen molar-refractivity contribution in [2.45, 2.75) is 25.3 Å². The highest BCUT2D eigenvalue weighted by Crippen LogP contribution is 2.31. The first-order valence-electron chi connectivity index (χ1n) is 8.47. The number of carbonyl (C=O) groups excluding carboxylic acids is 1. The fraction of sp³-hybridized carbons (Fsp3) is 0.350. The molecule has 0 bridgehead atoms. The Balaban J connectivity index is 0.00000243. The minimum Gasteiger partial charge on any atom is -0.338 e. The lowest BCUT2D eigenvalue weighted by atomic mass is 9.85. The third-order valence-electron chi connectivity index (χ3n) is 4.98. The van der Waals surface area contributed by atoms with Gasteiger partial charge in [-0.05, 0) is 61.3 Å². The van der Waals surface area contributed by atoms with E-state index in [1.807, 2.05) is 31.0 Å². The standard InChI is InChI=1S/C20H22Cl2N2O.ClH/c1-13-3-4-15(11-18(13)22)17-12-23-10-9-19(17)24(2)20(25)14-5-7-16(21)8-6-14;/h3-8,11,17,19,23H,9-10,12H2,1-2H3;1H/t17-,19+;/m0./s1. The number of nitrogens with zero attached hydrogens (tertiary/aromatic N) is 1. The summed E-state index contributed by atoms with van der Waals surface area (Å²) in [6.07, 6.45) is 0.909. The lowest BCUT2D eigenvalue weighted by Crippen LogP contribution is -2.49. The van der Waals surface area contributed by atoms with Gasteiger partial charge in [0.25, 0.3) is 5.91 Å². The van der Waals surface area contributed by atoms with Gasteiger partial charge in [0.1, 0.15) is 0 Å². The lowest BCUT2D eigenvalue weighted by Gasteiger charge is -2.39. The van der Waals surface area contributed by atoms with Gasteiger partial charge < -0.3 is 10.2 Å². The van der Waals surface area contributed by atoms with E-state index in [0.29, 0.717) is 10.6 Å². The van der Waals surface area contributed by atoms with Crippen LogP contribution in [0.4, 0.5) is 0 Å². The van der Waals surface area contributed by atoms with Gasteiger partial charge in [-0.25, -0.2) is 0 Å². The number of carbonyl (C=O) groups is 1. The third kappa shape index (κ3) is 4.52. The molecule has 26 heavy (non-hydrogen) atoms. The van der Waals surface area contributed by atoms with Crippen LogP contribution in [0.3, 0.4) is 0 Å². The molecule has 3 nitrogen and oxygen atoms in total. The summed E-state index contributed by atoms with van der Waals surface area (Å²) in [5, 5.41) is 4.84. The van der Waals surface area contributed by atoms with Crippen molar-refractivity contribution in [2.24, 2.45) is 0 Å². The maximum Gasteiger partial charge on any atom is 0.253 e. The first-order chi connectivity index (χ1) is 12.0. The Labute approximate surface area is 171 Å². The van der Waals surface area contributed by atoms with Gasteiger partial charge >= 0.3 is 0 Å². The number of hydrogen-bond acceptors (Lipinski definition) is 2. The molecule has 0 spiro atoms. The largest absolute Gasteiger partial charge is 0.338 e. The Hall–Kier alpha value is -1.26. The van der Waals surface area contributed by atoms with Gasteiger partial charge in [-0.2, -0.15) is 0 Å². The van der Waals surface area contributed by atoms with E-state index in [1.54, 1.807) is 24.3 Å². The van der Waals surface area contributed by atoms with Crippen LogP contribution >= 0.6 is 35.6 Å². The van der Waals surface area contributed by atoms with Gasteiger partial charge in [0, 0.05) is 41.2 Å². The van der Waals surface area contributed by atoms with Crippen LogP contribution in [0.2, 0.25) is 10.0 Å². The summed E-state index contributed by atoms with van der Waals surface area (Å²) < 4.78 is 0. The van der Waals surface area contributed by atoms with Gasteiger partial charge in [-0.15, -0.1) is 12.4 Å². The zero-order valence-electron chi connectivity index (χ0n) is 14.8. The molecule has 3 rings (SSSR count). The van der Waals surface area contributed by atoms with Crippen molar-refractivity contribution in [3.05, 3.63) is 69.2 Å². The molecule has 1 amide bonds. The van der Waals surface area contributed by atoms with Crippen molar-refractivity contribution in [1.82, 2.24) is 10.2 Å². The summed E-state index contributed by atoms with van der Waals surface area (Å²) in [6, 6.07) is 13.4. The second-order valence-corrected chi connectivity index (χ2v) is 7.44. The lowest BCUT2D eigenvalue weighted by molar-refractivity contribution is 0.0679. The van der Waals surface area contributed by atoms with E-state index in [-0.39, 0.29) is 30.3 Å². The minimum atomic E-state index is 0. The maximum absolute atomic E-state index is 12.9. The highest BCUT2D eigenvalue weighted by molar-refractivity contribution is 6.31. The Kier molecular flexibility index (Phi) is 7.36. The fourth-order valence-corrected chi connectivity index (χ4v) is 3.75. The Bertz CT molecular complexity index is 764. The zero-order chi connectivity index (χ0) is 18.0. The number of nitrogens with one attached hydrogen (secondary N) is 1. The molecule has 6 heteroatoms. The van der Waals surface area contributed by atoms with E-state index in [1.165, 1.54) is 5.56 Å². The third-order valence-corrected chi connectivity index (χ3v) is 5.64. The maximum atomic E-state index is 12.9. The van der Waals surface area contributed by atoms with E-state index in [2.05, 4.69) is 11.4 Å². The molecule has 1 fully saturated rings. The quantitative estimate of drug-likeness (QED) is 0.773. The SMILES string of the molecule is Cc1ccc([C@@H]2CNCC[C@H]2N(C)C(=O)c2ccc(Cl)cc2)cc1Cl.Cl. The monoisotopic (exact) mass is 412 g/mol. The van der Waals surface area contributed by atoms with E-state index in [9.17, 15) is 4.79 Å². The highest BCUT2D eigenvalue weighted by Gasteiger charge is 2.32. The Morgan fingerprint density at radius 1 is 1.15 bits per heavy atom. The molecule has 2 aromatic rings.